The Morgan fingerprint density at radius 1 is 1.32 bits per heavy atom. The van der Waals surface area contributed by atoms with Gasteiger partial charge in [-0.25, -0.2) is 4.98 Å². The number of halogens is 1. The van der Waals surface area contributed by atoms with E-state index in [-0.39, 0.29) is 0 Å². The first kappa shape index (κ1) is 14.1. The third-order valence-corrected chi connectivity index (χ3v) is 3.64. The van der Waals surface area contributed by atoms with Crippen LogP contribution in [0.25, 0.3) is 0 Å². The number of rotatable bonds is 6. The van der Waals surface area contributed by atoms with Crippen LogP contribution in [0.3, 0.4) is 0 Å². The van der Waals surface area contributed by atoms with Gasteiger partial charge in [0.1, 0.15) is 5.82 Å². The van der Waals surface area contributed by atoms with Gasteiger partial charge < -0.3 is 9.88 Å². The Morgan fingerprint density at radius 2 is 2.11 bits per heavy atom. The minimum Gasteiger partial charge on any atom is -0.338 e. The molecule has 3 nitrogen and oxygen atoms in total. The van der Waals surface area contributed by atoms with Crippen molar-refractivity contribution in [3.8, 4) is 0 Å². The van der Waals surface area contributed by atoms with Crippen LogP contribution < -0.4 is 5.32 Å². The first-order chi connectivity index (χ1) is 9.20. The molecular weight excluding hydrogens is 258 g/mol. The molecule has 1 heterocycles. The molecule has 0 aliphatic carbocycles. The summed E-state index contributed by atoms with van der Waals surface area (Å²) in [5.74, 6) is 1.10. The van der Waals surface area contributed by atoms with E-state index in [0.29, 0.717) is 6.04 Å². The molecule has 1 aromatic carbocycles. The third-order valence-electron chi connectivity index (χ3n) is 3.27. The second-order valence-electron chi connectivity index (χ2n) is 4.71. The van der Waals surface area contributed by atoms with Gasteiger partial charge in [0.2, 0.25) is 0 Å². The van der Waals surface area contributed by atoms with E-state index < -0.39 is 0 Å². The molecule has 0 aliphatic heterocycles. The first-order valence-electron chi connectivity index (χ1n) is 6.63. The standard InChI is InChI=1S/C15H20ClN3/c1-3-17-13(11-15-18-8-9-19(15)2)10-12-6-4-5-7-14(12)16/h4-9,13,17H,3,10-11H2,1-2H3. The molecule has 2 aromatic rings. The Balaban J connectivity index is 2.08. The molecule has 1 N–H and O–H groups in total. The van der Waals surface area contributed by atoms with Crippen molar-refractivity contribution in [1.82, 2.24) is 14.9 Å². The number of nitrogens with one attached hydrogen (secondary N) is 1. The number of aryl methyl sites for hydroxylation is 1. The molecule has 1 aromatic heterocycles. The molecule has 0 amide bonds. The lowest BCUT2D eigenvalue weighted by Gasteiger charge is -2.18. The molecule has 0 radical (unpaired) electrons. The van der Waals surface area contributed by atoms with E-state index in [1.54, 1.807) is 0 Å². The summed E-state index contributed by atoms with van der Waals surface area (Å²) in [5, 5.41) is 4.35. The van der Waals surface area contributed by atoms with Gasteiger partial charge in [0.25, 0.3) is 0 Å². The van der Waals surface area contributed by atoms with Crippen molar-refractivity contribution in [1.29, 1.82) is 0 Å². The minimum absolute atomic E-state index is 0.353. The fourth-order valence-corrected chi connectivity index (χ4v) is 2.46. The molecule has 4 heteroatoms. The molecular formula is C15H20ClN3. The number of benzene rings is 1. The van der Waals surface area contributed by atoms with Gasteiger partial charge >= 0.3 is 0 Å². The van der Waals surface area contributed by atoms with Crippen LogP contribution in [0.15, 0.2) is 36.7 Å². The summed E-state index contributed by atoms with van der Waals surface area (Å²) in [6.07, 6.45) is 5.64. The summed E-state index contributed by atoms with van der Waals surface area (Å²) in [6, 6.07) is 8.38. The molecule has 0 saturated heterocycles. The zero-order valence-corrected chi connectivity index (χ0v) is 12.2. The summed E-state index contributed by atoms with van der Waals surface area (Å²) in [4.78, 5) is 4.39. The molecule has 1 atom stereocenters. The summed E-state index contributed by atoms with van der Waals surface area (Å²) >= 11 is 6.23. The van der Waals surface area contributed by atoms with Crippen LogP contribution in [0.4, 0.5) is 0 Å². The van der Waals surface area contributed by atoms with E-state index in [0.717, 1.165) is 30.2 Å². The highest BCUT2D eigenvalue weighted by Crippen LogP contribution is 2.17. The Labute approximate surface area is 119 Å². The fourth-order valence-electron chi connectivity index (χ4n) is 2.25. The van der Waals surface area contributed by atoms with Crippen LogP contribution >= 0.6 is 11.6 Å². The van der Waals surface area contributed by atoms with Crippen molar-refractivity contribution in [3.63, 3.8) is 0 Å². The maximum absolute atomic E-state index is 6.23. The predicted octanol–water partition coefficient (Wildman–Crippen LogP) is 2.84. The van der Waals surface area contributed by atoms with Gasteiger partial charge in [-0.3, -0.25) is 0 Å². The number of aromatic nitrogens is 2. The van der Waals surface area contributed by atoms with Crippen LogP contribution in [0.5, 0.6) is 0 Å². The Bertz CT molecular complexity index is 522. The van der Waals surface area contributed by atoms with E-state index in [1.807, 2.05) is 37.6 Å². The van der Waals surface area contributed by atoms with Gasteiger partial charge in [-0.05, 0) is 24.6 Å². The van der Waals surface area contributed by atoms with Gasteiger partial charge in [0, 0.05) is 36.9 Å². The van der Waals surface area contributed by atoms with Gasteiger partial charge in [-0.2, -0.15) is 0 Å². The Kier molecular flexibility index (Phi) is 5.00. The monoisotopic (exact) mass is 277 g/mol. The summed E-state index contributed by atoms with van der Waals surface area (Å²) in [6.45, 7) is 3.07. The molecule has 19 heavy (non-hydrogen) atoms. The molecule has 0 bridgehead atoms. The first-order valence-corrected chi connectivity index (χ1v) is 7.01. The van der Waals surface area contributed by atoms with Crippen molar-refractivity contribution in [2.75, 3.05) is 6.54 Å². The van der Waals surface area contributed by atoms with Crippen LogP contribution in [-0.4, -0.2) is 22.1 Å². The van der Waals surface area contributed by atoms with E-state index in [9.17, 15) is 0 Å². The van der Waals surface area contributed by atoms with Gasteiger partial charge in [0.05, 0.1) is 0 Å². The van der Waals surface area contributed by atoms with Gasteiger partial charge in [-0.1, -0.05) is 36.7 Å². The van der Waals surface area contributed by atoms with Crippen LogP contribution in [0.2, 0.25) is 5.02 Å². The number of imidazole rings is 1. The lowest BCUT2D eigenvalue weighted by Crippen LogP contribution is -2.34. The molecule has 0 saturated carbocycles. The van der Waals surface area contributed by atoms with Crippen molar-refractivity contribution < 1.29 is 0 Å². The minimum atomic E-state index is 0.353. The summed E-state index contributed by atoms with van der Waals surface area (Å²) in [5.41, 5.74) is 1.18. The molecule has 102 valence electrons. The normalized spacial score (nSPS) is 12.6. The van der Waals surface area contributed by atoms with Crippen LogP contribution in [0, 0.1) is 0 Å². The highest BCUT2D eigenvalue weighted by Gasteiger charge is 2.13. The summed E-state index contributed by atoms with van der Waals surface area (Å²) < 4.78 is 2.07. The topological polar surface area (TPSA) is 29.9 Å². The number of hydrogen-bond acceptors (Lipinski definition) is 2. The van der Waals surface area contributed by atoms with Gasteiger partial charge in [-0.15, -0.1) is 0 Å². The molecule has 2 rings (SSSR count). The Morgan fingerprint density at radius 3 is 2.74 bits per heavy atom. The average Bonchev–Trinajstić information content (AvgIpc) is 2.78. The van der Waals surface area contributed by atoms with Crippen molar-refractivity contribution in [3.05, 3.63) is 53.1 Å². The number of hydrogen-bond donors (Lipinski definition) is 1. The van der Waals surface area contributed by atoms with Gasteiger partial charge in [0.15, 0.2) is 0 Å². The highest BCUT2D eigenvalue weighted by atomic mass is 35.5. The van der Waals surface area contributed by atoms with E-state index in [2.05, 4.69) is 27.9 Å². The molecule has 1 unspecified atom stereocenters. The zero-order valence-electron chi connectivity index (χ0n) is 11.4. The maximum atomic E-state index is 6.23. The van der Waals surface area contributed by atoms with Crippen molar-refractivity contribution in [2.45, 2.75) is 25.8 Å². The largest absolute Gasteiger partial charge is 0.338 e. The van der Waals surface area contributed by atoms with E-state index in [1.165, 1.54) is 5.56 Å². The lowest BCUT2D eigenvalue weighted by atomic mass is 10.0. The average molecular weight is 278 g/mol. The smallest absolute Gasteiger partial charge is 0.109 e. The van der Waals surface area contributed by atoms with E-state index >= 15 is 0 Å². The SMILES string of the molecule is CCNC(Cc1ccccc1Cl)Cc1nccn1C. The van der Waals surface area contributed by atoms with Crippen molar-refractivity contribution in [2.24, 2.45) is 7.05 Å². The predicted molar refractivity (Wildman–Crippen MR) is 79.5 cm³/mol. The highest BCUT2D eigenvalue weighted by molar-refractivity contribution is 6.31. The third kappa shape index (κ3) is 3.82. The van der Waals surface area contributed by atoms with Crippen LogP contribution in [0.1, 0.15) is 18.3 Å². The lowest BCUT2D eigenvalue weighted by molar-refractivity contribution is 0.504. The quantitative estimate of drug-likeness (QED) is 0.880. The van der Waals surface area contributed by atoms with Crippen molar-refractivity contribution >= 4 is 11.6 Å². The summed E-state index contributed by atoms with van der Waals surface area (Å²) in [7, 11) is 2.03. The second-order valence-corrected chi connectivity index (χ2v) is 5.12. The zero-order chi connectivity index (χ0) is 13.7. The molecule has 0 fully saturated rings. The van der Waals surface area contributed by atoms with E-state index in [4.69, 9.17) is 11.6 Å². The Hall–Kier alpha value is -1.32. The number of likely N-dealkylation sites (N-methyl/N-ethyl adjacent to an activating group) is 1. The molecule has 0 aliphatic rings. The number of nitrogens with zero attached hydrogens (tertiary/aromatic N) is 2. The molecule has 0 spiro atoms. The fraction of sp³-hybridized carbons (Fsp3) is 0.400. The maximum Gasteiger partial charge on any atom is 0.109 e. The van der Waals surface area contributed by atoms with Crippen LogP contribution in [-0.2, 0) is 19.9 Å². The second kappa shape index (κ2) is 6.73.